The number of nitrogens with one attached hydrogen (secondary N) is 1. The van der Waals surface area contributed by atoms with Crippen LogP contribution in [-0.2, 0) is 21.0 Å². The molecule has 0 amide bonds. The van der Waals surface area contributed by atoms with Crippen molar-refractivity contribution in [2.45, 2.75) is 26.9 Å². The van der Waals surface area contributed by atoms with Gasteiger partial charge >= 0.3 is 0 Å². The van der Waals surface area contributed by atoms with Crippen LogP contribution in [0, 0.1) is 0 Å². The van der Waals surface area contributed by atoms with Gasteiger partial charge in [0.05, 0.1) is 38.2 Å². The van der Waals surface area contributed by atoms with Crippen molar-refractivity contribution in [3.05, 3.63) is 84.2 Å². The summed E-state index contributed by atoms with van der Waals surface area (Å²) in [5.74, 6) is 1.18. The summed E-state index contributed by atoms with van der Waals surface area (Å²) in [6.45, 7) is 8.57. The van der Waals surface area contributed by atoms with Crippen LogP contribution in [0.3, 0.4) is 0 Å². The van der Waals surface area contributed by atoms with Crippen molar-refractivity contribution in [2.24, 2.45) is 5.16 Å². The third-order valence-electron chi connectivity index (χ3n) is 6.74. The van der Waals surface area contributed by atoms with E-state index in [0.29, 0.717) is 30.5 Å². The number of hydrogen-bond acceptors (Lipinski definition) is 10. The van der Waals surface area contributed by atoms with Gasteiger partial charge in [0, 0.05) is 43.7 Å². The summed E-state index contributed by atoms with van der Waals surface area (Å²) >= 11 is 0. The van der Waals surface area contributed by atoms with Gasteiger partial charge in [-0.2, -0.15) is 0 Å². The molecule has 1 aliphatic rings. The number of rotatable bonds is 12. The summed E-state index contributed by atoms with van der Waals surface area (Å²) in [5.41, 5.74) is 4.52. The lowest BCUT2D eigenvalue weighted by Crippen LogP contribution is -2.37. The van der Waals surface area contributed by atoms with Crippen LogP contribution in [0.15, 0.2) is 78.2 Å². The number of carboxylic acid groups (broad SMARTS) is 1. The molecule has 4 aromatic rings. The fourth-order valence-electron chi connectivity index (χ4n) is 4.49. The van der Waals surface area contributed by atoms with Gasteiger partial charge < -0.3 is 29.5 Å². The quantitative estimate of drug-likeness (QED) is 0.122. The number of fused-ring (bicyclic) bond motifs is 1. The summed E-state index contributed by atoms with van der Waals surface area (Å²) in [5, 5.41) is 16.0. The molecule has 0 atom stereocenters. The molecule has 1 aromatic heterocycles. The van der Waals surface area contributed by atoms with E-state index in [4.69, 9.17) is 28.9 Å². The molecule has 0 radical (unpaired) electrons. The Balaban J connectivity index is 0.00000104. The molecule has 0 saturated carbocycles. The average Bonchev–Trinajstić information content (AvgIpc) is 3.04. The number of carbonyl (C=O) groups is 1. The fraction of sp³-hybridized carbons (Fsp3) is 0.333. The highest BCUT2D eigenvalue weighted by atomic mass is 16.6. The Bertz CT molecular complexity index is 1500. The van der Waals surface area contributed by atoms with Gasteiger partial charge in [-0.1, -0.05) is 47.6 Å². The van der Waals surface area contributed by atoms with E-state index in [1.165, 1.54) is 0 Å². The number of aliphatic carboxylic acids is 1. The monoisotopic (exact) mass is 601 g/mol. The molecule has 2 heterocycles. The smallest absolute Gasteiger partial charge is 0.300 e. The second-order valence-corrected chi connectivity index (χ2v) is 10.1. The maximum Gasteiger partial charge on any atom is 0.300 e. The molecule has 44 heavy (non-hydrogen) atoms. The van der Waals surface area contributed by atoms with Crippen molar-refractivity contribution >= 4 is 34.1 Å². The summed E-state index contributed by atoms with van der Waals surface area (Å²) in [4.78, 5) is 25.9. The maximum absolute atomic E-state index is 9.00. The fourth-order valence-corrected chi connectivity index (χ4v) is 4.49. The van der Waals surface area contributed by atoms with Gasteiger partial charge in [-0.15, -0.1) is 0 Å². The number of oxime groups is 1. The third-order valence-corrected chi connectivity index (χ3v) is 6.74. The molecule has 0 aliphatic carbocycles. The molecule has 3 aromatic carbocycles. The van der Waals surface area contributed by atoms with Gasteiger partial charge in [0.15, 0.2) is 11.5 Å². The molecular weight excluding hydrogens is 562 g/mol. The largest absolute Gasteiger partial charge is 0.493 e. The first-order valence-electron chi connectivity index (χ1n) is 14.5. The Morgan fingerprint density at radius 2 is 1.75 bits per heavy atom. The van der Waals surface area contributed by atoms with Crippen molar-refractivity contribution in [1.82, 2.24) is 14.9 Å². The lowest BCUT2D eigenvalue weighted by molar-refractivity contribution is -0.134. The number of methoxy groups -OCH3 is 1. The zero-order chi connectivity index (χ0) is 31.1. The standard InChI is InChI=1S/C31H35N5O4.C2H4O2/c1-23(35-40-21-24-7-4-3-5-8-24)25-9-11-26(12-10-25)34-31-27-19-30(29(37-2)20-28(27)32-22-33-31)39-16-6-13-36-14-17-38-18-15-36;1-2(3)4/h3-5,7-12,19-20,22H,6,13-18,21H2,1-2H3,(H,32,33,34);1H3,(H,3,4). The summed E-state index contributed by atoms with van der Waals surface area (Å²) in [6, 6.07) is 21.8. The minimum absolute atomic E-state index is 0.433. The van der Waals surface area contributed by atoms with E-state index in [1.807, 2.05) is 73.7 Å². The Kier molecular flexibility index (Phi) is 12.3. The molecule has 0 spiro atoms. The van der Waals surface area contributed by atoms with Crippen LogP contribution < -0.4 is 14.8 Å². The number of hydrogen-bond donors (Lipinski definition) is 2. The first-order valence-corrected chi connectivity index (χ1v) is 14.5. The second-order valence-electron chi connectivity index (χ2n) is 10.1. The van der Waals surface area contributed by atoms with E-state index in [1.54, 1.807) is 13.4 Å². The molecule has 2 N–H and O–H groups in total. The zero-order valence-corrected chi connectivity index (χ0v) is 25.4. The van der Waals surface area contributed by atoms with Gasteiger partial charge in [0.25, 0.3) is 5.97 Å². The molecular formula is C33H39N5O6. The average molecular weight is 602 g/mol. The van der Waals surface area contributed by atoms with E-state index < -0.39 is 5.97 Å². The Morgan fingerprint density at radius 1 is 1.02 bits per heavy atom. The van der Waals surface area contributed by atoms with Crippen LogP contribution in [0.2, 0.25) is 0 Å². The predicted molar refractivity (Wildman–Crippen MR) is 170 cm³/mol. The van der Waals surface area contributed by atoms with Gasteiger partial charge in [-0.25, -0.2) is 9.97 Å². The van der Waals surface area contributed by atoms with Crippen molar-refractivity contribution in [3.63, 3.8) is 0 Å². The van der Waals surface area contributed by atoms with Gasteiger partial charge in [0.2, 0.25) is 0 Å². The van der Waals surface area contributed by atoms with Crippen LogP contribution >= 0.6 is 0 Å². The van der Waals surface area contributed by atoms with Crippen molar-refractivity contribution in [3.8, 4) is 11.5 Å². The number of morpholine rings is 1. The van der Waals surface area contributed by atoms with Crippen molar-refractivity contribution in [2.75, 3.05) is 51.9 Å². The molecule has 11 nitrogen and oxygen atoms in total. The molecule has 0 unspecified atom stereocenters. The summed E-state index contributed by atoms with van der Waals surface area (Å²) in [6.07, 6.45) is 2.46. The normalized spacial score (nSPS) is 13.5. The number of benzene rings is 3. The lowest BCUT2D eigenvalue weighted by Gasteiger charge is -2.26. The van der Waals surface area contributed by atoms with Crippen LogP contribution in [0.5, 0.6) is 11.5 Å². The van der Waals surface area contributed by atoms with Crippen LogP contribution in [0.4, 0.5) is 11.5 Å². The SMILES string of the molecule is CC(=O)O.COc1cc2ncnc(Nc3ccc(C(C)=NOCc4ccccc4)cc3)c2cc1OCCCN1CCOCC1. The minimum Gasteiger partial charge on any atom is -0.493 e. The van der Waals surface area contributed by atoms with Crippen LogP contribution in [0.1, 0.15) is 31.4 Å². The zero-order valence-electron chi connectivity index (χ0n) is 25.4. The third kappa shape index (κ3) is 9.92. The first kappa shape index (κ1) is 32.2. The van der Waals surface area contributed by atoms with Crippen LogP contribution in [0.25, 0.3) is 10.9 Å². The van der Waals surface area contributed by atoms with Crippen LogP contribution in [-0.4, -0.2) is 78.2 Å². The second kappa shape index (κ2) is 16.8. The predicted octanol–water partition coefficient (Wildman–Crippen LogP) is 5.51. The first-order chi connectivity index (χ1) is 21.4. The molecule has 5 rings (SSSR count). The highest BCUT2D eigenvalue weighted by Gasteiger charge is 2.13. The van der Waals surface area contributed by atoms with Gasteiger partial charge in [-0.05, 0) is 42.7 Å². The number of carboxylic acids is 1. The van der Waals surface area contributed by atoms with E-state index in [9.17, 15) is 0 Å². The summed E-state index contributed by atoms with van der Waals surface area (Å²) < 4.78 is 17.2. The molecule has 232 valence electrons. The Labute approximate surface area is 257 Å². The molecule has 11 heteroatoms. The number of anilines is 2. The molecule has 1 saturated heterocycles. The van der Waals surface area contributed by atoms with Crippen molar-refractivity contribution < 1.29 is 28.9 Å². The molecule has 1 aliphatic heterocycles. The van der Waals surface area contributed by atoms with Gasteiger partial charge in [0.1, 0.15) is 18.8 Å². The molecule has 1 fully saturated rings. The van der Waals surface area contributed by atoms with E-state index in [2.05, 4.69) is 25.3 Å². The number of nitrogens with zero attached hydrogens (tertiary/aromatic N) is 4. The Morgan fingerprint density at radius 3 is 2.45 bits per heavy atom. The highest BCUT2D eigenvalue weighted by molar-refractivity contribution is 5.99. The van der Waals surface area contributed by atoms with Crippen molar-refractivity contribution in [1.29, 1.82) is 0 Å². The molecule has 0 bridgehead atoms. The highest BCUT2D eigenvalue weighted by Crippen LogP contribution is 2.35. The van der Waals surface area contributed by atoms with E-state index in [-0.39, 0.29) is 0 Å². The minimum atomic E-state index is -0.833. The maximum atomic E-state index is 9.00. The number of aromatic nitrogens is 2. The summed E-state index contributed by atoms with van der Waals surface area (Å²) in [7, 11) is 1.64. The van der Waals surface area contributed by atoms with Gasteiger partial charge in [-0.3, -0.25) is 9.69 Å². The van der Waals surface area contributed by atoms with E-state index in [0.717, 1.165) is 79.6 Å². The van der Waals surface area contributed by atoms with E-state index >= 15 is 0 Å². The Hall–Kier alpha value is -4.74. The lowest BCUT2D eigenvalue weighted by atomic mass is 10.1. The number of ether oxygens (including phenoxy) is 3. The topological polar surface area (TPSA) is 128 Å².